The lowest BCUT2D eigenvalue weighted by molar-refractivity contribution is -0.154. The smallest absolute Gasteiger partial charge is 0.336 e. The van der Waals surface area contributed by atoms with Gasteiger partial charge in [0.25, 0.3) is 5.91 Å². The molecule has 0 heterocycles. The summed E-state index contributed by atoms with van der Waals surface area (Å²) in [4.78, 5) is 28.3. The number of amides is 1. The number of carboxylic acid groups (broad SMARTS) is 1. The predicted molar refractivity (Wildman–Crippen MR) is 144 cm³/mol. The van der Waals surface area contributed by atoms with Gasteiger partial charge in [-0.1, -0.05) is 44.0 Å². The number of anilines is 2. The molecule has 35 heavy (non-hydrogen) atoms. The van der Waals surface area contributed by atoms with Crippen molar-refractivity contribution in [3.05, 3.63) is 70.4 Å². The molecule has 6 N–H and O–H groups in total. The number of hydrogen-bond acceptors (Lipinski definition) is 5. The fourth-order valence-electron chi connectivity index (χ4n) is 2.05. The van der Waals surface area contributed by atoms with Crippen LogP contribution in [0, 0.1) is 27.0 Å². The summed E-state index contributed by atoms with van der Waals surface area (Å²) in [6.45, 7) is 20.0. The number of nitrogens with one attached hydrogen (secondary N) is 1. The first-order valence-corrected chi connectivity index (χ1v) is 12.2. The number of carbonyl (C=O) groups is 2. The molecule has 2 aromatic rings. The number of nitrogens with two attached hydrogens (primary N) is 1. The molecule has 0 saturated carbocycles. The number of carbonyl (C=O) groups excluding carboxylic acids is 1. The highest BCUT2D eigenvalue weighted by molar-refractivity contribution is 9.09. The fourth-order valence-corrected chi connectivity index (χ4v) is 2.54. The zero-order chi connectivity index (χ0) is 27.4. The first-order chi connectivity index (χ1) is 16.1. The van der Waals surface area contributed by atoms with Crippen LogP contribution in [0.5, 0.6) is 0 Å². The monoisotopic (exact) mass is 610 g/mol. The average Bonchev–Trinajstić information content (AvgIpc) is 2.80. The molecule has 188 valence electrons. The molecule has 1 amide bonds. The molecular weight excluding hydrogens is 584 g/mol. The highest BCUT2D eigenvalue weighted by atomic mass is 79.9. The van der Waals surface area contributed by atoms with Crippen LogP contribution in [0.2, 0.25) is 0 Å². The lowest BCUT2D eigenvalue weighted by Gasteiger charge is -2.19. The molecule has 0 radical (unpaired) electrons. The largest absolute Gasteiger partial charge is 0.479 e. The molecule has 0 bridgehead atoms. The van der Waals surface area contributed by atoms with E-state index < -0.39 is 23.1 Å². The van der Waals surface area contributed by atoms with E-state index in [1.54, 1.807) is 43.3 Å². The van der Waals surface area contributed by atoms with E-state index in [-0.39, 0.29) is 10.7 Å². The van der Waals surface area contributed by atoms with Gasteiger partial charge in [-0.2, -0.15) is 0 Å². The summed E-state index contributed by atoms with van der Waals surface area (Å²) in [5.74, 6) is -1.70. The quantitative estimate of drug-likeness (QED) is 0.183. The molecule has 0 spiro atoms. The number of nitrogen functional groups attached to an aromatic ring is 1. The predicted octanol–water partition coefficient (Wildman–Crippen LogP) is 4.98. The summed E-state index contributed by atoms with van der Waals surface area (Å²) in [5, 5.41) is 29.4. The number of aryl methyl sites for hydroxylation is 2. The highest BCUT2D eigenvalue weighted by Crippen LogP contribution is 2.23. The Morgan fingerprint density at radius 2 is 1.40 bits per heavy atom. The van der Waals surface area contributed by atoms with Crippen molar-refractivity contribution in [2.75, 3.05) is 21.7 Å². The number of hydrogen-bond donors (Lipinski definition) is 5. The Balaban J connectivity index is 0.000000545. The van der Waals surface area contributed by atoms with E-state index in [9.17, 15) is 14.7 Å². The molecule has 0 saturated heterocycles. The van der Waals surface area contributed by atoms with E-state index in [1.165, 1.54) is 13.8 Å². The van der Waals surface area contributed by atoms with Crippen molar-refractivity contribution in [3.8, 4) is 0 Å². The third-order valence-electron chi connectivity index (χ3n) is 4.39. The number of halogens is 2. The summed E-state index contributed by atoms with van der Waals surface area (Å²) < 4.78 is 0. The van der Waals surface area contributed by atoms with Crippen molar-refractivity contribution in [2.24, 2.45) is 0 Å². The zero-order valence-corrected chi connectivity index (χ0v) is 22.9. The number of aliphatic hydroxyl groups is 2. The Bertz CT molecular complexity index is 1120. The third-order valence-corrected chi connectivity index (χ3v) is 6.57. The molecule has 2 rings (SSSR count). The molecule has 0 fully saturated rings. The molecule has 9 nitrogen and oxygen atoms in total. The number of alkyl halides is 2. The summed E-state index contributed by atoms with van der Waals surface area (Å²) in [6.07, 6.45) is 0. The van der Waals surface area contributed by atoms with Crippen molar-refractivity contribution in [3.63, 3.8) is 0 Å². The fraction of sp³-hybridized carbons (Fsp3) is 0.333. The van der Waals surface area contributed by atoms with Gasteiger partial charge in [-0.05, 0) is 63.1 Å². The van der Waals surface area contributed by atoms with Crippen LogP contribution in [-0.4, -0.2) is 49.1 Å². The van der Waals surface area contributed by atoms with Crippen molar-refractivity contribution in [2.45, 2.75) is 38.9 Å². The lowest BCUT2D eigenvalue weighted by Crippen LogP contribution is -2.41. The van der Waals surface area contributed by atoms with Gasteiger partial charge in [0.05, 0.1) is 13.1 Å². The summed E-state index contributed by atoms with van der Waals surface area (Å²) in [7, 11) is 0. The second kappa shape index (κ2) is 14.4. The van der Waals surface area contributed by atoms with Crippen LogP contribution in [-0.2, 0) is 9.59 Å². The SMILES string of the molecule is C[C@@](O)(CBr)C(=O)O.[C-]#[N+]c1ccc(N)cc1C.[C-]#[N+]c1ccc(NC(=O)[C@@](C)(O)CBr)cc1C. The van der Waals surface area contributed by atoms with E-state index in [0.29, 0.717) is 22.7 Å². The zero-order valence-electron chi connectivity index (χ0n) is 19.8. The summed E-state index contributed by atoms with van der Waals surface area (Å²) in [5.41, 5.74) is 6.64. The Morgan fingerprint density at radius 3 is 1.74 bits per heavy atom. The second-order valence-corrected chi connectivity index (χ2v) is 8.97. The molecule has 2 atom stereocenters. The van der Waals surface area contributed by atoms with E-state index in [1.807, 2.05) is 6.92 Å². The van der Waals surface area contributed by atoms with Crippen molar-refractivity contribution in [1.29, 1.82) is 0 Å². The Morgan fingerprint density at radius 1 is 0.943 bits per heavy atom. The van der Waals surface area contributed by atoms with Crippen molar-refractivity contribution in [1.82, 2.24) is 0 Å². The molecule has 0 aliphatic carbocycles. The Hall–Kier alpha value is -2.96. The first kappa shape index (κ1) is 32.0. The highest BCUT2D eigenvalue weighted by Gasteiger charge is 2.29. The van der Waals surface area contributed by atoms with Gasteiger partial charge in [0.2, 0.25) is 0 Å². The van der Waals surface area contributed by atoms with Gasteiger partial charge in [0.1, 0.15) is 5.60 Å². The maximum atomic E-state index is 11.7. The summed E-state index contributed by atoms with van der Waals surface area (Å²) in [6, 6.07) is 10.3. The molecule has 2 aromatic carbocycles. The lowest BCUT2D eigenvalue weighted by atomic mass is 10.1. The van der Waals surface area contributed by atoms with Crippen LogP contribution < -0.4 is 11.1 Å². The third kappa shape index (κ3) is 10.9. The van der Waals surface area contributed by atoms with Gasteiger partial charge in [-0.15, -0.1) is 0 Å². The summed E-state index contributed by atoms with van der Waals surface area (Å²) >= 11 is 5.91. The minimum atomic E-state index is -1.62. The van der Waals surface area contributed by atoms with E-state index in [4.69, 9.17) is 29.1 Å². The number of rotatable bonds is 5. The normalized spacial score (nSPS) is 13.1. The van der Waals surface area contributed by atoms with Crippen LogP contribution in [0.4, 0.5) is 22.7 Å². The van der Waals surface area contributed by atoms with Gasteiger partial charge in [0, 0.05) is 22.0 Å². The van der Waals surface area contributed by atoms with Gasteiger partial charge >= 0.3 is 5.97 Å². The van der Waals surface area contributed by atoms with E-state index in [0.717, 1.165) is 11.1 Å². The minimum absolute atomic E-state index is 0.0509. The second-order valence-electron chi connectivity index (χ2n) is 7.85. The van der Waals surface area contributed by atoms with Gasteiger partial charge in [0.15, 0.2) is 17.0 Å². The molecule has 0 aliphatic heterocycles. The first-order valence-electron chi connectivity index (χ1n) is 9.98. The number of benzene rings is 2. The van der Waals surface area contributed by atoms with Crippen LogP contribution in [0.3, 0.4) is 0 Å². The van der Waals surface area contributed by atoms with Crippen molar-refractivity contribution < 1.29 is 24.9 Å². The Kier molecular flexibility index (Phi) is 13.2. The Labute approximate surface area is 221 Å². The van der Waals surface area contributed by atoms with Crippen LogP contribution in [0.15, 0.2) is 36.4 Å². The number of carboxylic acids is 1. The standard InChI is InChI=1S/C12H13BrN2O2.C8H8N2.C4H7BrO3/c1-8-6-9(4-5-10(8)14-3)15-11(16)12(2,17)7-13;1-6-5-7(9)3-4-8(6)10-2;1-4(8,2-5)3(6)7/h4-6,17H,7H2,1-2H3,(H,15,16);3-5H,9H2,1H3;8H,2H2,1H3,(H,6,7)/t12-;;4-/m0.1/s1. The molecular formula is C24H28Br2N4O5. The van der Waals surface area contributed by atoms with Gasteiger partial charge in [-0.3, -0.25) is 4.79 Å². The van der Waals surface area contributed by atoms with Crippen LogP contribution >= 0.6 is 31.9 Å². The van der Waals surface area contributed by atoms with Gasteiger partial charge < -0.3 is 26.4 Å². The van der Waals surface area contributed by atoms with Crippen LogP contribution in [0.25, 0.3) is 9.69 Å². The maximum Gasteiger partial charge on any atom is 0.336 e. The van der Waals surface area contributed by atoms with E-state index in [2.05, 4.69) is 46.9 Å². The van der Waals surface area contributed by atoms with Crippen molar-refractivity contribution >= 4 is 66.5 Å². The molecule has 0 aromatic heterocycles. The van der Waals surface area contributed by atoms with Gasteiger partial charge in [-0.25, -0.2) is 14.5 Å². The van der Waals surface area contributed by atoms with E-state index >= 15 is 0 Å². The topological polar surface area (TPSA) is 142 Å². The average molecular weight is 612 g/mol. The minimum Gasteiger partial charge on any atom is -0.479 e. The molecule has 11 heteroatoms. The number of nitrogens with zero attached hydrogens (tertiary/aromatic N) is 2. The molecule has 0 unspecified atom stereocenters. The maximum absolute atomic E-state index is 11.7. The number of aliphatic carboxylic acids is 1. The molecule has 0 aliphatic rings. The van der Waals surface area contributed by atoms with Crippen LogP contribution in [0.1, 0.15) is 25.0 Å².